The Morgan fingerprint density at radius 1 is 1.36 bits per heavy atom. The van der Waals surface area contributed by atoms with Crippen LogP contribution >= 0.6 is 11.6 Å². The largest absolute Gasteiger partial charge is 0.465 e. The van der Waals surface area contributed by atoms with E-state index in [4.69, 9.17) is 16.7 Å². The number of amides is 1. The SMILES string of the molecule is O=C(Cl)CNCCNC(=O)O. The van der Waals surface area contributed by atoms with E-state index in [0.29, 0.717) is 6.54 Å². The zero-order valence-corrected chi connectivity index (χ0v) is 6.52. The van der Waals surface area contributed by atoms with Crippen LogP contribution in [0.25, 0.3) is 0 Å². The lowest BCUT2D eigenvalue weighted by molar-refractivity contribution is -0.110. The first-order chi connectivity index (χ1) is 5.13. The highest BCUT2D eigenvalue weighted by Gasteiger charge is 1.95. The molecule has 0 aliphatic carbocycles. The second-order valence-electron chi connectivity index (χ2n) is 1.76. The first-order valence-electron chi connectivity index (χ1n) is 2.99. The van der Waals surface area contributed by atoms with E-state index in [2.05, 4.69) is 10.6 Å². The molecule has 0 saturated heterocycles. The maximum Gasteiger partial charge on any atom is 0.404 e. The zero-order chi connectivity index (χ0) is 8.69. The highest BCUT2D eigenvalue weighted by Crippen LogP contribution is 1.73. The maximum absolute atomic E-state index is 10.1. The summed E-state index contributed by atoms with van der Waals surface area (Å²) in [7, 11) is 0. The third kappa shape index (κ3) is 9.19. The van der Waals surface area contributed by atoms with Gasteiger partial charge in [-0.15, -0.1) is 0 Å². The molecular formula is C5H9ClN2O3. The molecular weight excluding hydrogens is 172 g/mol. The lowest BCUT2D eigenvalue weighted by Crippen LogP contribution is -2.32. The smallest absolute Gasteiger partial charge is 0.404 e. The van der Waals surface area contributed by atoms with Crippen LogP contribution in [0.1, 0.15) is 0 Å². The van der Waals surface area contributed by atoms with Crippen molar-refractivity contribution in [1.29, 1.82) is 0 Å². The Balaban J connectivity index is 3.03. The molecule has 0 spiro atoms. The summed E-state index contributed by atoms with van der Waals surface area (Å²) in [6.07, 6.45) is -1.08. The van der Waals surface area contributed by atoms with Crippen LogP contribution in [0.3, 0.4) is 0 Å². The first kappa shape index (κ1) is 10.2. The number of halogens is 1. The van der Waals surface area contributed by atoms with E-state index >= 15 is 0 Å². The molecule has 5 nitrogen and oxygen atoms in total. The molecule has 0 radical (unpaired) electrons. The second-order valence-corrected chi connectivity index (χ2v) is 2.19. The van der Waals surface area contributed by atoms with Gasteiger partial charge in [0.25, 0.3) is 0 Å². The van der Waals surface area contributed by atoms with Gasteiger partial charge < -0.3 is 15.7 Å². The van der Waals surface area contributed by atoms with Gasteiger partial charge in [-0.25, -0.2) is 4.79 Å². The number of nitrogens with one attached hydrogen (secondary N) is 2. The van der Waals surface area contributed by atoms with Crippen molar-refractivity contribution in [3.63, 3.8) is 0 Å². The lowest BCUT2D eigenvalue weighted by Gasteiger charge is -2.00. The molecule has 0 aromatic carbocycles. The molecule has 0 fully saturated rings. The van der Waals surface area contributed by atoms with Crippen LogP contribution in [0.4, 0.5) is 4.79 Å². The Morgan fingerprint density at radius 3 is 2.45 bits per heavy atom. The molecule has 3 N–H and O–H groups in total. The fraction of sp³-hybridized carbons (Fsp3) is 0.600. The van der Waals surface area contributed by atoms with E-state index < -0.39 is 11.3 Å². The first-order valence-corrected chi connectivity index (χ1v) is 3.36. The standard InChI is InChI=1S/C5H9ClN2O3/c6-4(9)3-7-1-2-8-5(10)11/h7-8H,1-3H2,(H,10,11). The number of carboxylic acid groups (broad SMARTS) is 1. The van der Waals surface area contributed by atoms with E-state index in [0.717, 1.165) is 0 Å². The Bertz CT molecular complexity index is 135. The molecule has 0 heterocycles. The second kappa shape index (κ2) is 5.94. The molecule has 0 bridgehead atoms. The molecule has 0 aliphatic rings. The van der Waals surface area contributed by atoms with Crippen molar-refractivity contribution in [1.82, 2.24) is 10.6 Å². The summed E-state index contributed by atoms with van der Waals surface area (Å²) in [6.45, 7) is 0.715. The number of carbonyl (C=O) groups is 2. The number of carbonyl (C=O) groups excluding carboxylic acids is 1. The van der Waals surface area contributed by atoms with Gasteiger partial charge in [0.1, 0.15) is 0 Å². The minimum atomic E-state index is -1.08. The molecule has 0 unspecified atom stereocenters. The minimum absolute atomic E-state index is 0.0584. The molecule has 6 heteroatoms. The third-order valence-corrected chi connectivity index (χ3v) is 0.976. The maximum atomic E-state index is 10.1. The van der Waals surface area contributed by atoms with E-state index in [-0.39, 0.29) is 13.1 Å². The van der Waals surface area contributed by atoms with Gasteiger partial charge in [0, 0.05) is 13.1 Å². The summed E-state index contributed by atoms with van der Waals surface area (Å²) >= 11 is 4.98. The average molecular weight is 181 g/mol. The summed E-state index contributed by atoms with van der Waals surface area (Å²) in [5.41, 5.74) is 0. The zero-order valence-electron chi connectivity index (χ0n) is 5.76. The normalized spacial score (nSPS) is 9.18. The van der Waals surface area contributed by atoms with Gasteiger partial charge in [-0.1, -0.05) is 0 Å². The van der Waals surface area contributed by atoms with Crippen molar-refractivity contribution in [3.8, 4) is 0 Å². The van der Waals surface area contributed by atoms with E-state index in [1.165, 1.54) is 0 Å². The summed E-state index contributed by atoms with van der Waals surface area (Å²) in [5, 5.41) is 12.4. The topological polar surface area (TPSA) is 78.4 Å². The molecule has 1 amide bonds. The van der Waals surface area contributed by atoms with Crippen LogP contribution in [-0.2, 0) is 4.79 Å². The van der Waals surface area contributed by atoms with Gasteiger partial charge in [0.2, 0.25) is 5.24 Å². The number of hydrogen-bond donors (Lipinski definition) is 3. The molecule has 0 aromatic rings. The van der Waals surface area contributed by atoms with Crippen molar-refractivity contribution in [2.45, 2.75) is 0 Å². The van der Waals surface area contributed by atoms with Crippen molar-refractivity contribution in [2.24, 2.45) is 0 Å². The number of rotatable bonds is 5. The minimum Gasteiger partial charge on any atom is -0.465 e. The van der Waals surface area contributed by atoms with Gasteiger partial charge >= 0.3 is 6.09 Å². The van der Waals surface area contributed by atoms with Crippen molar-refractivity contribution in [3.05, 3.63) is 0 Å². The Kier molecular flexibility index (Phi) is 5.50. The van der Waals surface area contributed by atoms with E-state index in [1.54, 1.807) is 0 Å². The fourth-order valence-corrected chi connectivity index (χ4v) is 0.539. The molecule has 0 saturated carbocycles. The summed E-state index contributed by atoms with van der Waals surface area (Å²) < 4.78 is 0. The monoisotopic (exact) mass is 180 g/mol. The molecule has 0 aromatic heterocycles. The fourth-order valence-electron chi connectivity index (χ4n) is 0.444. The lowest BCUT2D eigenvalue weighted by atomic mass is 10.6. The van der Waals surface area contributed by atoms with E-state index in [9.17, 15) is 9.59 Å². The van der Waals surface area contributed by atoms with Crippen LogP contribution in [0.2, 0.25) is 0 Å². The Morgan fingerprint density at radius 2 is 2.00 bits per heavy atom. The summed E-state index contributed by atoms with van der Waals surface area (Å²) in [6, 6.07) is 0. The van der Waals surface area contributed by atoms with Crippen LogP contribution in [0, 0.1) is 0 Å². The van der Waals surface area contributed by atoms with Crippen molar-refractivity contribution >= 4 is 22.9 Å². The predicted octanol–water partition coefficient (Wildman–Crippen LogP) is -0.391. The molecule has 0 aliphatic heterocycles. The molecule has 11 heavy (non-hydrogen) atoms. The molecule has 0 rings (SSSR count). The Labute approximate surface area is 68.7 Å². The molecule has 0 atom stereocenters. The van der Waals surface area contributed by atoms with Crippen LogP contribution in [0.15, 0.2) is 0 Å². The van der Waals surface area contributed by atoms with Crippen LogP contribution < -0.4 is 10.6 Å². The van der Waals surface area contributed by atoms with Gasteiger partial charge in [-0.3, -0.25) is 4.79 Å². The summed E-state index contributed by atoms with van der Waals surface area (Å²) in [4.78, 5) is 20.0. The van der Waals surface area contributed by atoms with Gasteiger partial charge in [-0.2, -0.15) is 0 Å². The Hall–Kier alpha value is -0.810. The van der Waals surface area contributed by atoms with E-state index in [1.807, 2.05) is 0 Å². The van der Waals surface area contributed by atoms with Crippen molar-refractivity contribution in [2.75, 3.05) is 19.6 Å². The highest BCUT2D eigenvalue weighted by molar-refractivity contribution is 6.64. The molecule has 64 valence electrons. The van der Waals surface area contributed by atoms with Gasteiger partial charge in [0.05, 0.1) is 6.54 Å². The average Bonchev–Trinajstić information content (AvgIpc) is 1.85. The highest BCUT2D eigenvalue weighted by atomic mass is 35.5. The van der Waals surface area contributed by atoms with Gasteiger partial charge in [0.15, 0.2) is 0 Å². The van der Waals surface area contributed by atoms with Gasteiger partial charge in [-0.05, 0) is 11.6 Å². The third-order valence-electron chi connectivity index (χ3n) is 0.842. The van der Waals surface area contributed by atoms with Crippen LogP contribution in [0.5, 0.6) is 0 Å². The quantitative estimate of drug-likeness (QED) is 0.398. The predicted molar refractivity (Wildman–Crippen MR) is 39.8 cm³/mol. The van der Waals surface area contributed by atoms with Crippen molar-refractivity contribution < 1.29 is 14.7 Å². The van der Waals surface area contributed by atoms with Crippen LogP contribution in [-0.4, -0.2) is 36.1 Å². The summed E-state index contributed by atoms with van der Waals surface area (Å²) in [5.74, 6) is 0. The number of hydrogen-bond acceptors (Lipinski definition) is 3.